The minimum Gasteiger partial charge on any atom is -0.365 e. The Morgan fingerprint density at radius 1 is 1.30 bits per heavy atom. The van der Waals surface area contributed by atoms with E-state index in [1.807, 2.05) is 16.7 Å². The molecule has 20 heavy (non-hydrogen) atoms. The van der Waals surface area contributed by atoms with Gasteiger partial charge in [0, 0.05) is 36.7 Å². The molecular formula is C15H20F2N2S. The minimum absolute atomic E-state index is 0.146. The Labute approximate surface area is 122 Å². The summed E-state index contributed by atoms with van der Waals surface area (Å²) in [4.78, 5) is 1.84. The molecule has 5 heteroatoms. The van der Waals surface area contributed by atoms with E-state index in [9.17, 15) is 8.78 Å². The van der Waals surface area contributed by atoms with Crippen molar-refractivity contribution < 1.29 is 8.78 Å². The number of thioether (sulfide) groups is 1. The molecule has 0 aromatic heterocycles. The quantitative estimate of drug-likeness (QED) is 0.919. The Kier molecular flexibility index (Phi) is 4.17. The van der Waals surface area contributed by atoms with Crippen LogP contribution in [0.15, 0.2) is 12.1 Å². The normalized spacial score (nSPS) is 23.1. The van der Waals surface area contributed by atoms with Crippen molar-refractivity contribution in [1.82, 2.24) is 5.32 Å². The molecule has 1 atom stereocenters. The summed E-state index contributed by atoms with van der Waals surface area (Å²) in [5, 5.41) is 3.70. The smallest absolute Gasteiger partial charge is 0.149 e. The fraction of sp³-hybridized carbons (Fsp3) is 0.600. The molecule has 1 aliphatic heterocycles. The first kappa shape index (κ1) is 14.1. The van der Waals surface area contributed by atoms with Crippen molar-refractivity contribution in [2.45, 2.75) is 37.6 Å². The van der Waals surface area contributed by atoms with Crippen LogP contribution in [0.1, 0.15) is 25.3 Å². The molecule has 2 nitrogen and oxygen atoms in total. The van der Waals surface area contributed by atoms with E-state index in [1.165, 1.54) is 25.0 Å². The summed E-state index contributed by atoms with van der Waals surface area (Å²) in [5.41, 5.74) is 0.836. The number of anilines is 1. The maximum Gasteiger partial charge on any atom is 0.149 e. The number of nitrogens with zero attached hydrogens (tertiary/aromatic N) is 1. The van der Waals surface area contributed by atoms with Gasteiger partial charge in [-0.2, -0.15) is 11.8 Å². The zero-order valence-corrected chi connectivity index (χ0v) is 12.5. The van der Waals surface area contributed by atoms with Crippen LogP contribution in [0.2, 0.25) is 0 Å². The van der Waals surface area contributed by atoms with Gasteiger partial charge in [-0.15, -0.1) is 0 Å². The number of nitrogens with one attached hydrogen (secondary N) is 1. The number of hydrogen-bond donors (Lipinski definition) is 1. The largest absolute Gasteiger partial charge is 0.365 e. The van der Waals surface area contributed by atoms with Crippen molar-refractivity contribution in [1.29, 1.82) is 0 Å². The zero-order valence-electron chi connectivity index (χ0n) is 11.7. The van der Waals surface area contributed by atoms with Crippen LogP contribution in [0.4, 0.5) is 14.5 Å². The second-order valence-electron chi connectivity index (χ2n) is 5.69. The van der Waals surface area contributed by atoms with Crippen LogP contribution in [-0.2, 0) is 6.54 Å². The highest BCUT2D eigenvalue weighted by Crippen LogP contribution is 2.29. The molecule has 2 aliphatic rings. The lowest BCUT2D eigenvalue weighted by Crippen LogP contribution is -2.37. The van der Waals surface area contributed by atoms with Gasteiger partial charge in [0.05, 0.1) is 0 Å². The van der Waals surface area contributed by atoms with Crippen LogP contribution in [0.3, 0.4) is 0 Å². The molecule has 2 fully saturated rings. The molecule has 3 rings (SSSR count). The van der Waals surface area contributed by atoms with Crippen molar-refractivity contribution in [2.24, 2.45) is 0 Å². The van der Waals surface area contributed by atoms with E-state index in [0.717, 1.165) is 5.75 Å². The fourth-order valence-corrected chi connectivity index (χ4v) is 3.61. The highest BCUT2D eigenvalue weighted by molar-refractivity contribution is 8.00. The van der Waals surface area contributed by atoms with Crippen LogP contribution in [0.25, 0.3) is 0 Å². The molecule has 0 spiro atoms. The first-order chi connectivity index (χ1) is 9.63. The molecule has 1 heterocycles. The Morgan fingerprint density at radius 3 is 2.60 bits per heavy atom. The highest BCUT2D eigenvalue weighted by Gasteiger charge is 2.24. The van der Waals surface area contributed by atoms with Gasteiger partial charge in [0.1, 0.15) is 17.3 Å². The van der Waals surface area contributed by atoms with Crippen LogP contribution in [-0.4, -0.2) is 30.1 Å². The van der Waals surface area contributed by atoms with Crippen LogP contribution in [0.5, 0.6) is 0 Å². The summed E-state index contributed by atoms with van der Waals surface area (Å²) in [6.45, 7) is 4.06. The molecular weight excluding hydrogens is 278 g/mol. The average Bonchev–Trinajstić information content (AvgIpc) is 3.19. The molecule has 1 unspecified atom stereocenters. The molecule has 0 bridgehead atoms. The predicted molar refractivity (Wildman–Crippen MR) is 80.4 cm³/mol. The summed E-state index contributed by atoms with van der Waals surface area (Å²) in [5.74, 6) is 0.0544. The number of hydrogen-bond acceptors (Lipinski definition) is 3. The molecule has 1 aromatic carbocycles. The first-order valence-corrected chi connectivity index (χ1v) is 8.26. The van der Waals surface area contributed by atoms with Gasteiger partial charge < -0.3 is 10.2 Å². The van der Waals surface area contributed by atoms with Crippen molar-refractivity contribution >= 4 is 17.4 Å². The van der Waals surface area contributed by atoms with Gasteiger partial charge in [0.15, 0.2) is 0 Å². The molecule has 110 valence electrons. The maximum atomic E-state index is 14.2. The average molecular weight is 298 g/mol. The van der Waals surface area contributed by atoms with Crippen LogP contribution >= 0.6 is 11.8 Å². The second-order valence-corrected chi connectivity index (χ2v) is 7.24. The molecule has 1 N–H and O–H groups in total. The van der Waals surface area contributed by atoms with Crippen LogP contribution in [0, 0.1) is 11.6 Å². The van der Waals surface area contributed by atoms with E-state index >= 15 is 0 Å². The minimum atomic E-state index is -0.434. The lowest BCUT2D eigenvalue weighted by atomic mass is 10.1. The Balaban J connectivity index is 1.76. The summed E-state index contributed by atoms with van der Waals surface area (Å²) in [6, 6.07) is 3.49. The van der Waals surface area contributed by atoms with Crippen molar-refractivity contribution in [2.75, 3.05) is 23.7 Å². The Hall–Kier alpha value is -0.810. The van der Waals surface area contributed by atoms with E-state index < -0.39 is 11.6 Å². The van der Waals surface area contributed by atoms with E-state index in [2.05, 4.69) is 12.2 Å². The molecule has 1 aromatic rings. The fourth-order valence-electron chi connectivity index (χ4n) is 2.59. The number of halogens is 2. The molecule has 0 radical (unpaired) electrons. The highest BCUT2D eigenvalue weighted by atomic mass is 32.2. The van der Waals surface area contributed by atoms with Crippen LogP contribution < -0.4 is 10.2 Å². The van der Waals surface area contributed by atoms with Crippen molar-refractivity contribution in [3.8, 4) is 0 Å². The summed E-state index contributed by atoms with van der Waals surface area (Å²) in [6.07, 6.45) is 2.35. The summed E-state index contributed by atoms with van der Waals surface area (Å²) >= 11 is 1.85. The third-order valence-electron chi connectivity index (χ3n) is 3.81. The summed E-state index contributed by atoms with van der Waals surface area (Å²) in [7, 11) is 0. The molecule has 1 aliphatic carbocycles. The SMILES string of the molecule is CC1CN(c2c(F)cc(CNC3CC3)cc2F)CCS1. The van der Waals surface area contributed by atoms with Gasteiger partial charge in [0.25, 0.3) is 0 Å². The Bertz CT molecular complexity index is 468. The third kappa shape index (κ3) is 3.26. The van der Waals surface area contributed by atoms with Crippen molar-refractivity contribution in [3.63, 3.8) is 0 Å². The van der Waals surface area contributed by atoms with E-state index in [0.29, 0.717) is 36.5 Å². The zero-order chi connectivity index (χ0) is 14.1. The number of benzene rings is 1. The van der Waals surface area contributed by atoms with Gasteiger partial charge in [-0.3, -0.25) is 0 Å². The topological polar surface area (TPSA) is 15.3 Å². The molecule has 1 saturated heterocycles. The maximum absolute atomic E-state index is 14.2. The lowest BCUT2D eigenvalue weighted by Gasteiger charge is -2.33. The third-order valence-corrected chi connectivity index (χ3v) is 4.94. The van der Waals surface area contributed by atoms with Gasteiger partial charge >= 0.3 is 0 Å². The predicted octanol–water partition coefficient (Wildman–Crippen LogP) is 3.16. The van der Waals surface area contributed by atoms with E-state index in [-0.39, 0.29) is 5.69 Å². The molecule has 0 amide bonds. The van der Waals surface area contributed by atoms with Gasteiger partial charge in [-0.05, 0) is 30.5 Å². The number of rotatable bonds is 4. The van der Waals surface area contributed by atoms with Gasteiger partial charge in [0.2, 0.25) is 0 Å². The monoisotopic (exact) mass is 298 g/mol. The van der Waals surface area contributed by atoms with E-state index in [1.54, 1.807) is 0 Å². The second kappa shape index (κ2) is 5.90. The van der Waals surface area contributed by atoms with Gasteiger partial charge in [-0.1, -0.05) is 6.92 Å². The Morgan fingerprint density at radius 2 is 2.00 bits per heavy atom. The molecule has 1 saturated carbocycles. The first-order valence-electron chi connectivity index (χ1n) is 7.21. The standard InChI is InChI=1S/C15H20F2N2S/c1-10-9-19(4-5-20-10)15-13(16)6-11(7-14(15)17)8-18-12-2-3-12/h6-7,10,12,18H,2-5,8-9H2,1H3. The van der Waals surface area contributed by atoms with E-state index in [4.69, 9.17) is 0 Å². The van der Waals surface area contributed by atoms with Crippen molar-refractivity contribution in [3.05, 3.63) is 29.3 Å². The summed E-state index contributed by atoms with van der Waals surface area (Å²) < 4.78 is 28.5. The lowest BCUT2D eigenvalue weighted by molar-refractivity contribution is 0.563. The van der Waals surface area contributed by atoms with Gasteiger partial charge in [-0.25, -0.2) is 8.78 Å².